The maximum absolute atomic E-state index is 13.3. The average Bonchev–Trinajstić information content (AvgIpc) is 3.48. The molecule has 1 aliphatic rings. The molecule has 0 bridgehead atoms. The first-order valence-corrected chi connectivity index (χ1v) is 11.2. The molecule has 2 aromatic carbocycles. The quantitative estimate of drug-likeness (QED) is 0.413. The van der Waals surface area contributed by atoms with E-state index >= 15 is 0 Å². The molecule has 2 amide bonds. The molecule has 7 heteroatoms. The number of allylic oxidation sites excluding steroid dienone is 1. The van der Waals surface area contributed by atoms with Gasteiger partial charge in [-0.3, -0.25) is 4.90 Å². The molecule has 0 saturated heterocycles. The number of amides is 2. The molecule has 0 aliphatic carbocycles. The van der Waals surface area contributed by atoms with Gasteiger partial charge in [-0.05, 0) is 61.0 Å². The van der Waals surface area contributed by atoms with Gasteiger partial charge < -0.3 is 9.84 Å². The maximum atomic E-state index is 13.3. The summed E-state index contributed by atoms with van der Waals surface area (Å²) in [6, 6.07) is 19.1. The summed E-state index contributed by atoms with van der Waals surface area (Å²) >= 11 is 1.55. The molecule has 32 heavy (non-hydrogen) atoms. The molecular formula is C25H22N4O2S. The van der Waals surface area contributed by atoms with E-state index in [1.807, 2.05) is 79.9 Å². The number of thiophene rings is 1. The number of hydrogen-bond acceptors (Lipinski definition) is 5. The third kappa shape index (κ3) is 3.50. The highest BCUT2D eigenvalue weighted by atomic mass is 32.1. The molecule has 160 valence electrons. The second-order valence-electron chi connectivity index (χ2n) is 7.80. The van der Waals surface area contributed by atoms with Crippen molar-refractivity contribution in [3.63, 3.8) is 0 Å². The lowest BCUT2D eigenvalue weighted by molar-refractivity contribution is 0.244. The van der Waals surface area contributed by atoms with Crippen molar-refractivity contribution in [3.8, 4) is 10.7 Å². The lowest BCUT2D eigenvalue weighted by Gasteiger charge is -2.35. The molecule has 3 heterocycles. The lowest BCUT2D eigenvalue weighted by atomic mass is 9.94. The maximum Gasteiger partial charge on any atom is 0.326 e. The van der Waals surface area contributed by atoms with E-state index < -0.39 is 6.04 Å². The van der Waals surface area contributed by atoms with Crippen LogP contribution in [0.3, 0.4) is 0 Å². The van der Waals surface area contributed by atoms with Crippen LogP contribution in [0.15, 0.2) is 76.3 Å². The molecule has 0 radical (unpaired) electrons. The van der Waals surface area contributed by atoms with Gasteiger partial charge >= 0.3 is 6.03 Å². The van der Waals surface area contributed by atoms with Crippen LogP contribution in [0.25, 0.3) is 16.3 Å². The van der Waals surface area contributed by atoms with Crippen molar-refractivity contribution in [3.05, 3.63) is 94.3 Å². The van der Waals surface area contributed by atoms with Crippen LogP contribution in [0.5, 0.6) is 0 Å². The number of benzene rings is 2. The van der Waals surface area contributed by atoms with Gasteiger partial charge in [0.15, 0.2) is 0 Å². The van der Waals surface area contributed by atoms with Crippen LogP contribution in [0.4, 0.5) is 10.5 Å². The van der Waals surface area contributed by atoms with Crippen LogP contribution in [0.1, 0.15) is 35.5 Å². The molecule has 2 aromatic heterocycles. The van der Waals surface area contributed by atoms with Gasteiger partial charge in [-0.1, -0.05) is 47.6 Å². The van der Waals surface area contributed by atoms with Gasteiger partial charge in [0.25, 0.3) is 5.89 Å². The van der Waals surface area contributed by atoms with Crippen LogP contribution in [0, 0.1) is 13.8 Å². The average molecular weight is 443 g/mol. The number of aryl methyl sites for hydroxylation is 2. The van der Waals surface area contributed by atoms with E-state index in [-0.39, 0.29) is 6.03 Å². The van der Waals surface area contributed by atoms with Crippen LogP contribution >= 0.6 is 11.3 Å². The number of aromatic nitrogens is 2. The normalized spacial score (nSPS) is 16.4. The summed E-state index contributed by atoms with van der Waals surface area (Å²) in [6.45, 7) is 6.02. The van der Waals surface area contributed by atoms with Crippen molar-refractivity contribution in [1.29, 1.82) is 0 Å². The second-order valence-corrected chi connectivity index (χ2v) is 8.74. The summed E-state index contributed by atoms with van der Waals surface area (Å²) in [6.07, 6.45) is 0. The number of anilines is 1. The molecule has 5 rings (SSSR count). The monoisotopic (exact) mass is 442 g/mol. The summed E-state index contributed by atoms with van der Waals surface area (Å²) in [5.74, 6) is 0.935. The van der Waals surface area contributed by atoms with Crippen LogP contribution in [-0.4, -0.2) is 16.2 Å². The predicted octanol–water partition coefficient (Wildman–Crippen LogP) is 6.12. The van der Waals surface area contributed by atoms with Crippen molar-refractivity contribution < 1.29 is 9.32 Å². The van der Waals surface area contributed by atoms with E-state index in [4.69, 9.17) is 4.52 Å². The molecule has 0 fully saturated rings. The van der Waals surface area contributed by atoms with E-state index in [0.29, 0.717) is 11.7 Å². The number of rotatable bonds is 4. The van der Waals surface area contributed by atoms with Gasteiger partial charge in [0.2, 0.25) is 5.82 Å². The number of nitrogens with one attached hydrogen (secondary N) is 1. The Hall–Kier alpha value is -3.71. The van der Waals surface area contributed by atoms with Gasteiger partial charge in [-0.15, -0.1) is 11.3 Å². The highest BCUT2D eigenvalue weighted by Crippen LogP contribution is 2.39. The minimum atomic E-state index is -0.400. The number of carbonyl (C=O) groups excluding carboxylic acids is 1. The molecule has 0 saturated carbocycles. The van der Waals surface area contributed by atoms with E-state index in [0.717, 1.165) is 33.0 Å². The molecule has 1 unspecified atom stereocenters. The number of carbonyl (C=O) groups is 1. The fourth-order valence-corrected chi connectivity index (χ4v) is 4.58. The molecule has 0 spiro atoms. The summed E-state index contributed by atoms with van der Waals surface area (Å²) in [5.41, 5.74) is 5.58. The summed E-state index contributed by atoms with van der Waals surface area (Å²) in [5, 5.41) is 9.32. The fraction of sp³-hybridized carbons (Fsp3) is 0.160. The molecule has 1 atom stereocenters. The first kappa shape index (κ1) is 20.2. The SMILES string of the molecule is CC1=C(c2nc(-c3cccs3)no2)C(c2ccccc2)NC(=O)N1c1ccc(C)c(C)c1. The fourth-order valence-electron chi connectivity index (χ4n) is 3.93. The van der Waals surface area contributed by atoms with E-state index in [2.05, 4.69) is 22.4 Å². The number of urea groups is 1. The summed E-state index contributed by atoms with van der Waals surface area (Å²) < 4.78 is 5.72. The zero-order valence-corrected chi connectivity index (χ0v) is 18.8. The van der Waals surface area contributed by atoms with E-state index in [1.54, 1.807) is 16.2 Å². The van der Waals surface area contributed by atoms with Gasteiger partial charge in [-0.2, -0.15) is 4.98 Å². The Morgan fingerprint density at radius 2 is 1.81 bits per heavy atom. The second kappa shape index (κ2) is 8.09. The Kier molecular flexibility index (Phi) is 5.11. The first-order valence-electron chi connectivity index (χ1n) is 10.3. The zero-order chi connectivity index (χ0) is 22.2. The van der Waals surface area contributed by atoms with Gasteiger partial charge in [0, 0.05) is 5.70 Å². The Balaban J connectivity index is 1.67. The standard InChI is InChI=1S/C25H22N4O2S/c1-15-11-12-19(14-16(15)2)29-17(3)21(22(26-25(29)30)18-8-5-4-6-9-18)24-27-23(28-31-24)20-10-7-13-32-20/h4-14,22H,1-3H3,(H,26,30). The Labute approximate surface area is 190 Å². The van der Waals surface area contributed by atoms with E-state index in [1.165, 1.54) is 5.56 Å². The van der Waals surface area contributed by atoms with Gasteiger partial charge in [-0.25, -0.2) is 4.79 Å². The summed E-state index contributed by atoms with van der Waals surface area (Å²) in [7, 11) is 0. The molecule has 1 aliphatic heterocycles. The van der Waals surface area contributed by atoms with Gasteiger partial charge in [0.1, 0.15) is 0 Å². The molecule has 4 aromatic rings. The largest absolute Gasteiger partial charge is 0.334 e. The summed E-state index contributed by atoms with van der Waals surface area (Å²) in [4.78, 5) is 20.6. The predicted molar refractivity (Wildman–Crippen MR) is 126 cm³/mol. The van der Waals surface area contributed by atoms with Crippen molar-refractivity contribution in [1.82, 2.24) is 15.5 Å². The van der Waals surface area contributed by atoms with Crippen molar-refractivity contribution >= 4 is 28.6 Å². The Morgan fingerprint density at radius 1 is 1.00 bits per heavy atom. The minimum absolute atomic E-state index is 0.193. The van der Waals surface area contributed by atoms with Crippen molar-refractivity contribution in [2.24, 2.45) is 0 Å². The first-order chi connectivity index (χ1) is 15.5. The lowest BCUT2D eigenvalue weighted by Crippen LogP contribution is -2.46. The minimum Gasteiger partial charge on any atom is -0.334 e. The number of hydrogen-bond donors (Lipinski definition) is 1. The Bertz CT molecular complexity index is 1310. The molecule has 1 N–H and O–H groups in total. The van der Waals surface area contributed by atoms with E-state index in [9.17, 15) is 4.79 Å². The zero-order valence-electron chi connectivity index (χ0n) is 18.0. The molecular weight excluding hydrogens is 420 g/mol. The highest BCUT2D eigenvalue weighted by molar-refractivity contribution is 7.13. The van der Waals surface area contributed by atoms with Crippen molar-refractivity contribution in [2.45, 2.75) is 26.8 Å². The van der Waals surface area contributed by atoms with Gasteiger partial charge in [0.05, 0.1) is 22.2 Å². The molecule has 6 nitrogen and oxygen atoms in total. The third-order valence-electron chi connectivity index (χ3n) is 5.76. The van der Waals surface area contributed by atoms with Crippen LogP contribution < -0.4 is 10.2 Å². The van der Waals surface area contributed by atoms with Crippen molar-refractivity contribution in [2.75, 3.05) is 4.90 Å². The van der Waals surface area contributed by atoms with Crippen LogP contribution in [0.2, 0.25) is 0 Å². The Morgan fingerprint density at radius 3 is 2.53 bits per heavy atom. The van der Waals surface area contributed by atoms with Crippen LogP contribution in [-0.2, 0) is 0 Å². The smallest absolute Gasteiger partial charge is 0.326 e. The highest BCUT2D eigenvalue weighted by Gasteiger charge is 2.36. The topological polar surface area (TPSA) is 71.3 Å². The number of nitrogens with zero attached hydrogens (tertiary/aromatic N) is 3. The third-order valence-corrected chi connectivity index (χ3v) is 6.63.